The zero-order valence-corrected chi connectivity index (χ0v) is 10.6. The molecule has 0 spiro atoms. The molecule has 1 heterocycles. The Bertz CT molecular complexity index is 475. The smallest absolute Gasteiger partial charge is 0.419 e. The van der Waals surface area contributed by atoms with Crippen molar-refractivity contribution in [3.63, 3.8) is 0 Å². The summed E-state index contributed by atoms with van der Waals surface area (Å²) in [6, 6.07) is 0. The van der Waals surface area contributed by atoms with Crippen LogP contribution in [0.2, 0.25) is 0 Å². The van der Waals surface area contributed by atoms with Gasteiger partial charge < -0.3 is 5.11 Å². The van der Waals surface area contributed by atoms with E-state index in [4.69, 9.17) is 5.11 Å². The van der Waals surface area contributed by atoms with Crippen LogP contribution < -0.4 is 0 Å². The minimum Gasteiger partial charge on any atom is -0.481 e. The Balaban J connectivity index is 3.45. The van der Waals surface area contributed by atoms with E-state index in [9.17, 15) is 26.7 Å². The number of hydrogen-bond acceptors (Lipinski definition) is 2. The number of nitrogens with zero attached hydrogens (tertiary/aromatic N) is 1. The summed E-state index contributed by atoms with van der Waals surface area (Å²) in [4.78, 5) is 13.5. The highest BCUT2D eigenvalue weighted by Crippen LogP contribution is 2.39. The van der Waals surface area contributed by atoms with Crippen molar-refractivity contribution in [2.24, 2.45) is 0 Å². The van der Waals surface area contributed by atoms with Crippen molar-refractivity contribution < 1.29 is 31.9 Å². The first kappa shape index (κ1) is 15.1. The Morgan fingerprint density at radius 2 is 2.00 bits per heavy atom. The molecule has 18 heavy (non-hydrogen) atoms. The first-order valence-electron chi connectivity index (χ1n) is 4.39. The number of rotatable bonds is 3. The average molecular weight is 381 g/mol. The van der Waals surface area contributed by atoms with Crippen LogP contribution in [0.3, 0.4) is 0 Å². The van der Waals surface area contributed by atoms with Gasteiger partial charge in [-0.05, 0) is 28.2 Å². The second-order valence-corrected chi connectivity index (χ2v) is 4.31. The van der Waals surface area contributed by atoms with Crippen LogP contribution in [0.5, 0.6) is 0 Å². The summed E-state index contributed by atoms with van der Waals surface area (Å²) in [5.41, 5.74) is -3.21. The Morgan fingerprint density at radius 1 is 1.44 bits per heavy atom. The van der Waals surface area contributed by atoms with Crippen LogP contribution in [0, 0.1) is 3.57 Å². The van der Waals surface area contributed by atoms with Gasteiger partial charge in [-0.15, -0.1) is 0 Å². The number of carboxylic acids is 1. The Morgan fingerprint density at radius 3 is 2.39 bits per heavy atom. The summed E-state index contributed by atoms with van der Waals surface area (Å²) in [7, 11) is 0. The Labute approximate surface area is 111 Å². The van der Waals surface area contributed by atoms with E-state index in [1.807, 2.05) is 0 Å². The molecule has 0 radical (unpaired) electrons. The van der Waals surface area contributed by atoms with Crippen LogP contribution in [-0.2, 0) is 17.4 Å². The largest absolute Gasteiger partial charge is 0.481 e. The van der Waals surface area contributed by atoms with Gasteiger partial charge in [0, 0.05) is 9.77 Å². The van der Waals surface area contributed by atoms with E-state index in [0.29, 0.717) is 0 Å². The molecule has 0 aromatic carbocycles. The quantitative estimate of drug-likeness (QED) is 0.646. The van der Waals surface area contributed by atoms with Gasteiger partial charge in [0.2, 0.25) is 0 Å². The highest BCUT2D eigenvalue weighted by Gasteiger charge is 2.40. The molecule has 100 valence electrons. The number of pyridine rings is 1. The zero-order valence-electron chi connectivity index (χ0n) is 8.43. The molecule has 1 N–H and O–H groups in total. The third-order valence-corrected chi connectivity index (χ3v) is 3.18. The van der Waals surface area contributed by atoms with Crippen LogP contribution in [0.4, 0.5) is 22.0 Å². The molecule has 1 rings (SSSR count). The number of alkyl halides is 5. The minimum atomic E-state index is -5.01. The fourth-order valence-corrected chi connectivity index (χ4v) is 2.18. The monoisotopic (exact) mass is 381 g/mol. The molecule has 3 nitrogen and oxygen atoms in total. The number of hydrogen-bond donors (Lipinski definition) is 1. The molecule has 0 aliphatic carbocycles. The van der Waals surface area contributed by atoms with Crippen molar-refractivity contribution in [3.8, 4) is 0 Å². The van der Waals surface area contributed by atoms with Gasteiger partial charge in [-0.1, -0.05) is 0 Å². The molecule has 0 saturated carbocycles. The highest BCUT2D eigenvalue weighted by molar-refractivity contribution is 14.1. The molecule has 1 aromatic rings. The van der Waals surface area contributed by atoms with Crippen molar-refractivity contribution in [2.75, 3.05) is 0 Å². The van der Waals surface area contributed by atoms with Crippen LogP contribution in [-0.4, -0.2) is 16.1 Å². The summed E-state index contributed by atoms with van der Waals surface area (Å²) >= 11 is 1.20. The summed E-state index contributed by atoms with van der Waals surface area (Å²) < 4.78 is 62.3. The van der Waals surface area contributed by atoms with Gasteiger partial charge in [-0.2, -0.15) is 13.2 Å². The predicted molar refractivity (Wildman–Crippen MR) is 58.3 cm³/mol. The third-order valence-electron chi connectivity index (χ3n) is 1.95. The lowest BCUT2D eigenvalue weighted by molar-refractivity contribution is -0.141. The number of halogens is 6. The van der Waals surface area contributed by atoms with Crippen molar-refractivity contribution in [3.05, 3.63) is 26.6 Å². The molecular weight excluding hydrogens is 376 g/mol. The number of aliphatic carboxylic acids is 1. The van der Waals surface area contributed by atoms with Crippen molar-refractivity contribution >= 4 is 28.6 Å². The van der Waals surface area contributed by atoms with E-state index in [2.05, 4.69) is 4.98 Å². The minimum absolute atomic E-state index is 0.250. The number of carbonyl (C=O) groups is 1. The van der Waals surface area contributed by atoms with Gasteiger partial charge >= 0.3 is 12.1 Å². The molecule has 0 fully saturated rings. The van der Waals surface area contributed by atoms with E-state index < -0.39 is 39.8 Å². The molecule has 0 amide bonds. The maximum absolute atomic E-state index is 12.7. The zero-order chi connectivity index (χ0) is 14.1. The lowest BCUT2D eigenvalue weighted by Crippen LogP contribution is -2.16. The molecule has 1 aromatic heterocycles. The Hall–Kier alpha value is -1.00. The summed E-state index contributed by atoms with van der Waals surface area (Å²) in [5.74, 6) is -1.37. The third kappa shape index (κ3) is 3.27. The second-order valence-electron chi connectivity index (χ2n) is 3.23. The van der Waals surface area contributed by atoms with Gasteiger partial charge in [0.25, 0.3) is 6.43 Å². The average Bonchev–Trinajstić information content (AvgIpc) is 2.17. The molecule has 9 heteroatoms. The fraction of sp³-hybridized carbons (Fsp3) is 0.333. The Kier molecular flexibility index (Phi) is 4.46. The van der Waals surface area contributed by atoms with Gasteiger partial charge in [0.15, 0.2) is 0 Å². The molecule has 0 saturated heterocycles. The molecule has 0 bridgehead atoms. The van der Waals surface area contributed by atoms with Gasteiger partial charge in [0.05, 0.1) is 12.0 Å². The van der Waals surface area contributed by atoms with Crippen molar-refractivity contribution in [1.29, 1.82) is 0 Å². The van der Waals surface area contributed by atoms with Crippen molar-refractivity contribution in [2.45, 2.75) is 19.0 Å². The van der Waals surface area contributed by atoms with Crippen LogP contribution in [0.15, 0.2) is 6.20 Å². The first-order valence-corrected chi connectivity index (χ1v) is 5.47. The lowest BCUT2D eigenvalue weighted by atomic mass is 10.1. The standard InChI is InChI=1S/C9H5F5INO2/c10-8(11)7-5(9(12,13)14)6(15)3(2-16-7)1-4(17)18/h2,8H,1H2,(H,17,18). The molecule has 0 atom stereocenters. The molecular formula is C9H5F5INO2. The molecule has 0 unspecified atom stereocenters. The van der Waals surface area contributed by atoms with E-state index in [-0.39, 0.29) is 5.56 Å². The van der Waals surface area contributed by atoms with Gasteiger partial charge in [-0.3, -0.25) is 9.78 Å². The first-order chi connectivity index (χ1) is 8.14. The number of carboxylic acid groups (broad SMARTS) is 1. The second kappa shape index (κ2) is 5.33. The van der Waals surface area contributed by atoms with E-state index in [1.165, 1.54) is 22.6 Å². The molecule has 0 aliphatic rings. The van der Waals surface area contributed by atoms with Gasteiger partial charge in [0.1, 0.15) is 5.69 Å². The van der Waals surface area contributed by atoms with Gasteiger partial charge in [-0.25, -0.2) is 8.78 Å². The number of aromatic nitrogens is 1. The summed E-state index contributed by atoms with van der Waals surface area (Å²) in [5, 5.41) is 8.50. The fourth-order valence-electron chi connectivity index (χ4n) is 1.26. The highest BCUT2D eigenvalue weighted by atomic mass is 127. The molecule has 0 aliphatic heterocycles. The summed E-state index contributed by atoms with van der Waals surface area (Å²) in [6.07, 6.45) is -8.37. The maximum Gasteiger partial charge on any atom is 0.419 e. The topological polar surface area (TPSA) is 50.2 Å². The van der Waals surface area contributed by atoms with E-state index in [1.54, 1.807) is 0 Å². The van der Waals surface area contributed by atoms with E-state index >= 15 is 0 Å². The van der Waals surface area contributed by atoms with Crippen molar-refractivity contribution in [1.82, 2.24) is 4.98 Å². The summed E-state index contributed by atoms with van der Waals surface area (Å²) in [6.45, 7) is 0. The lowest BCUT2D eigenvalue weighted by Gasteiger charge is -2.15. The predicted octanol–water partition coefficient (Wildman–Crippen LogP) is 3.27. The van der Waals surface area contributed by atoms with Crippen LogP contribution >= 0.6 is 22.6 Å². The van der Waals surface area contributed by atoms with E-state index in [0.717, 1.165) is 6.20 Å². The SMILES string of the molecule is O=C(O)Cc1cnc(C(F)F)c(C(F)(F)F)c1I. The maximum atomic E-state index is 12.7. The van der Waals surface area contributed by atoms with Crippen LogP contribution in [0.1, 0.15) is 23.2 Å². The van der Waals surface area contributed by atoms with Crippen LogP contribution in [0.25, 0.3) is 0 Å². The normalized spacial score (nSPS) is 11.9.